The summed E-state index contributed by atoms with van der Waals surface area (Å²) in [7, 11) is 0. The Morgan fingerprint density at radius 1 is 1.60 bits per heavy atom. The van der Waals surface area contributed by atoms with E-state index >= 15 is 0 Å². The van der Waals surface area contributed by atoms with Crippen LogP contribution in [-0.2, 0) is 4.79 Å². The fourth-order valence-corrected chi connectivity index (χ4v) is 0.896. The number of rotatable bonds is 6. The summed E-state index contributed by atoms with van der Waals surface area (Å²) in [5, 5.41) is 14.1. The number of carbonyl (C=O) groups excluding carboxylic acids is 1. The van der Waals surface area contributed by atoms with E-state index in [1.807, 2.05) is 19.9 Å². The highest BCUT2D eigenvalue weighted by molar-refractivity contribution is 6.18. The quantitative estimate of drug-likeness (QED) is 0.406. The fraction of sp³-hybridized carbons (Fsp3) is 0.600. The van der Waals surface area contributed by atoms with Crippen LogP contribution < -0.4 is 10.6 Å². The minimum absolute atomic E-state index is 0.0702. The third-order valence-corrected chi connectivity index (χ3v) is 1.71. The number of nitrogens with zero attached hydrogens (tertiary/aromatic N) is 1. The molecule has 0 aliphatic rings. The smallest absolute Gasteiger partial charge is 0.263 e. The molecular weight excluding hydrogens is 214 g/mol. The summed E-state index contributed by atoms with van der Waals surface area (Å²) in [4.78, 5) is 11.3. The highest BCUT2D eigenvalue weighted by Crippen LogP contribution is 1.92. The monoisotopic (exact) mass is 229 g/mol. The average molecular weight is 230 g/mol. The molecule has 2 N–H and O–H groups in total. The van der Waals surface area contributed by atoms with Gasteiger partial charge in [0.2, 0.25) is 0 Å². The molecule has 15 heavy (non-hydrogen) atoms. The maximum Gasteiger partial charge on any atom is 0.263 e. The zero-order chi connectivity index (χ0) is 11.7. The molecule has 0 aromatic carbocycles. The van der Waals surface area contributed by atoms with Crippen LogP contribution in [0.15, 0.2) is 11.8 Å². The molecule has 0 atom stereocenters. The molecule has 0 fully saturated rings. The van der Waals surface area contributed by atoms with Crippen LogP contribution in [0.2, 0.25) is 0 Å². The highest BCUT2D eigenvalue weighted by atomic mass is 35.5. The van der Waals surface area contributed by atoms with Crippen molar-refractivity contribution in [3.8, 4) is 6.07 Å². The van der Waals surface area contributed by atoms with Gasteiger partial charge in [0.1, 0.15) is 11.6 Å². The van der Waals surface area contributed by atoms with Crippen molar-refractivity contribution in [1.29, 1.82) is 5.26 Å². The van der Waals surface area contributed by atoms with Crippen LogP contribution in [0, 0.1) is 17.2 Å². The molecule has 0 rings (SSSR count). The van der Waals surface area contributed by atoms with Crippen molar-refractivity contribution in [3.63, 3.8) is 0 Å². The Hall–Kier alpha value is -1.21. The molecule has 0 aliphatic heterocycles. The van der Waals surface area contributed by atoms with E-state index in [0.29, 0.717) is 18.3 Å². The number of halogens is 1. The van der Waals surface area contributed by atoms with E-state index in [0.717, 1.165) is 6.54 Å². The van der Waals surface area contributed by atoms with Crippen LogP contribution in [0.1, 0.15) is 13.8 Å². The molecule has 5 heteroatoms. The van der Waals surface area contributed by atoms with E-state index in [2.05, 4.69) is 10.6 Å². The molecule has 4 nitrogen and oxygen atoms in total. The molecule has 84 valence electrons. The summed E-state index contributed by atoms with van der Waals surface area (Å²) < 4.78 is 0. The van der Waals surface area contributed by atoms with Crippen LogP contribution >= 0.6 is 11.6 Å². The van der Waals surface area contributed by atoms with Crippen LogP contribution in [0.4, 0.5) is 0 Å². The first-order valence-corrected chi connectivity index (χ1v) is 5.33. The fourth-order valence-electron chi connectivity index (χ4n) is 0.801. The molecule has 0 saturated carbocycles. The van der Waals surface area contributed by atoms with Gasteiger partial charge in [0.15, 0.2) is 0 Å². The third-order valence-electron chi connectivity index (χ3n) is 1.52. The Morgan fingerprint density at radius 3 is 2.73 bits per heavy atom. The molecule has 0 aromatic heterocycles. The minimum atomic E-state index is -0.394. The summed E-state index contributed by atoms with van der Waals surface area (Å²) in [6, 6.07) is 1.83. The summed E-state index contributed by atoms with van der Waals surface area (Å²) in [5.41, 5.74) is 0.0702. The average Bonchev–Trinajstić information content (AvgIpc) is 2.20. The van der Waals surface area contributed by atoms with Crippen molar-refractivity contribution in [2.45, 2.75) is 13.8 Å². The second kappa shape index (κ2) is 8.13. The molecule has 0 unspecified atom stereocenters. The second-order valence-corrected chi connectivity index (χ2v) is 3.79. The number of nitrogens with one attached hydrogen (secondary N) is 2. The minimum Gasteiger partial charge on any atom is -0.389 e. The van der Waals surface area contributed by atoms with Gasteiger partial charge in [-0.2, -0.15) is 5.26 Å². The Bertz CT molecular complexity index is 268. The molecule has 0 heterocycles. The van der Waals surface area contributed by atoms with Gasteiger partial charge in [0.05, 0.1) is 0 Å². The van der Waals surface area contributed by atoms with Gasteiger partial charge in [-0.3, -0.25) is 4.79 Å². The van der Waals surface area contributed by atoms with Crippen molar-refractivity contribution in [2.75, 3.05) is 19.0 Å². The molecule has 0 saturated heterocycles. The van der Waals surface area contributed by atoms with E-state index in [-0.39, 0.29) is 5.57 Å². The highest BCUT2D eigenvalue weighted by Gasteiger charge is 2.06. The Morgan fingerprint density at radius 2 is 2.27 bits per heavy atom. The van der Waals surface area contributed by atoms with Crippen LogP contribution in [0.3, 0.4) is 0 Å². The molecule has 0 spiro atoms. The van der Waals surface area contributed by atoms with Gasteiger partial charge in [-0.15, -0.1) is 11.6 Å². The summed E-state index contributed by atoms with van der Waals surface area (Å²) in [6.45, 7) is 5.18. The number of amides is 1. The Balaban J connectivity index is 4.11. The first-order chi connectivity index (χ1) is 7.11. The number of hydrogen-bond acceptors (Lipinski definition) is 3. The standard InChI is InChI=1S/C10H16ClN3O/c1-8(2)6-13-7-9(5-12)10(15)14-4-3-11/h7-8,13H,3-4,6H2,1-2H3,(H,14,15)/b9-7-. The summed E-state index contributed by atoms with van der Waals surface area (Å²) in [5.74, 6) is 0.408. The lowest BCUT2D eigenvalue weighted by Crippen LogP contribution is -2.27. The number of nitriles is 1. The number of alkyl halides is 1. The van der Waals surface area contributed by atoms with Gasteiger partial charge in [-0.25, -0.2) is 0 Å². The molecule has 0 aromatic rings. The van der Waals surface area contributed by atoms with Gasteiger partial charge >= 0.3 is 0 Å². The molecular formula is C10H16ClN3O. The zero-order valence-corrected chi connectivity index (χ0v) is 9.77. The lowest BCUT2D eigenvalue weighted by atomic mass is 10.2. The van der Waals surface area contributed by atoms with Gasteiger partial charge in [0, 0.05) is 25.2 Å². The van der Waals surface area contributed by atoms with E-state index in [9.17, 15) is 4.79 Å². The van der Waals surface area contributed by atoms with Crippen molar-refractivity contribution in [3.05, 3.63) is 11.8 Å². The van der Waals surface area contributed by atoms with Gasteiger partial charge in [0.25, 0.3) is 5.91 Å². The van der Waals surface area contributed by atoms with Gasteiger partial charge < -0.3 is 10.6 Å². The first kappa shape index (κ1) is 13.8. The normalized spacial score (nSPS) is 11.0. The predicted molar refractivity (Wildman–Crippen MR) is 60.3 cm³/mol. The summed E-state index contributed by atoms with van der Waals surface area (Å²) in [6.07, 6.45) is 1.43. The topological polar surface area (TPSA) is 64.9 Å². The number of hydrogen-bond donors (Lipinski definition) is 2. The van der Waals surface area contributed by atoms with E-state index in [1.165, 1.54) is 6.20 Å². The summed E-state index contributed by atoms with van der Waals surface area (Å²) >= 11 is 5.41. The van der Waals surface area contributed by atoms with E-state index < -0.39 is 5.91 Å². The predicted octanol–water partition coefficient (Wildman–Crippen LogP) is 0.994. The van der Waals surface area contributed by atoms with Crippen LogP contribution in [0.25, 0.3) is 0 Å². The molecule has 0 radical (unpaired) electrons. The van der Waals surface area contributed by atoms with E-state index in [1.54, 1.807) is 0 Å². The van der Waals surface area contributed by atoms with Crippen molar-refractivity contribution >= 4 is 17.5 Å². The van der Waals surface area contributed by atoms with E-state index in [4.69, 9.17) is 16.9 Å². The first-order valence-electron chi connectivity index (χ1n) is 4.79. The Kier molecular flexibility index (Phi) is 7.47. The maximum atomic E-state index is 11.3. The lowest BCUT2D eigenvalue weighted by Gasteiger charge is -2.05. The number of carbonyl (C=O) groups is 1. The van der Waals surface area contributed by atoms with Crippen LogP contribution in [-0.4, -0.2) is 24.9 Å². The Labute approximate surface area is 95.3 Å². The van der Waals surface area contributed by atoms with Gasteiger partial charge in [-0.1, -0.05) is 13.8 Å². The third kappa shape index (κ3) is 6.81. The lowest BCUT2D eigenvalue weighted by molar-refractivity contribution is -0.117. The zero-order valence-electron chi connectivity index (χ0n) is 9.01. The second-order valence-electron chi connectivity index (χ2n) is 3.42. The maximum absolute atomic E-state index is 11.3. The molecule has 1 amide bonds. The van der Waals surface area contributed by atoms with Gasteiger partial charge in [-0.05, 0) is 5.92 Å². The SMILES string of the molecule is CC(C)CN/C=C(/C#N)C(=O)NCCCl. The van der Waals surface area contributed by atoms with Crippen molar-refractivity contribution < 1.29 is 4.79 Å². The van der Waals surface area contributed by atoms with Crippen LogP contribution in [0.5, 0.6) is 0 Å². The molecule has 0 bridgehead atoms. The van der Waals surface area contributed by atoms with Crippen molar-refractivity contribution in [2.24, 2.45) is 5.92 Å². The van der Waals surface area contributed by atoms with Crippen molar-refractivity contribution in [1.82, 2.24) is 10.6 Å². The molecule has 0 aliphatic carbocycles. The largest absolute Gasteiger partial charge is 0.389 e.